The molecule has 0 bridgehead atoms. The summed E-state index contributed by atoms with van der Waals surface area (Å²) in [6.45, 7) is 0. The third-order valence-electron chi connectivity index (χ3n) is 4.22. The number of thioether (sulfide) groups is 1. The second-order valence-corrected chi connectivity index (χ2v) is 8.43. The zero-order valence-corrected chi connectivity index (χ0v) is 17.8. The van der Waals surface area contributed by atoms with Crippen LogP contribution in [0.15, 0.2) is 91.3 Å². The van der Waals surface area contributed by atoms with Crippen molar-refractivity contribution in [2.75, 3.05) is 0 Å². The largest absolute Gasteiger partial charge is 0.450 e. The van der Waals surface area contributed by atoms with Crippen molar-refractivity contribution >= 4 is 46.4 Å². The molecule has 2 aromatic heterocycles. The minimum absolute atomic E-state index is 0.283. The highest BCUT2D eigenvalue weighted by atomic mass is 32.2. The third-order valence-corrected chi connectivity index (χ3v) is 5.98. The lowest BCUT2D eigenvalue weighted by atomic mass is 10.3. The summed E-state index contributed by atoms with van der Waals surface area (Å²) in [6.07, 6.45) is 1.64. The van der Waals surface area contributed by atoms with Crippen molar-refractivity contribution in [2.45, 2.75) is 10.2 Å². The van der Waals surface area contributed by atoms with E-state index in [-0.39, 0.29) is 11.7 Å². The molecule has 0 unspecified atom stereocenters. The highest BCUT2D eigenvalue weighted by Gasteiger charge is 2.24. The molecule has 5 rings (SSSR count). The predicted molar refractivity (Wildman–Crippen MR) is 119 cm³/mol. The van der Waals surface area contributed by atoms with E-state index in [0.717, 1.165) is 5.69 Å². The van der Waals surface area contributed by atoms with Gasteiger partial charge in [0.1, 0.15) is 11.6 Å². The maximum absolute atomic E-state index is 13.0. The summed E-state index contributed by atoms with van der Waals surface area (Å²) in [7, 11) is 0. The first-order valence-electron chi connectivity index (χ1n) is 9.31. The molecule has 32 heavy (non-hydrogen) atoms. The molecule has 2 aromatic carbocycles. The molecule has 4 aromatic rings. The Bertz CT molecular complexity index is 1330. The number of carbonyl (C=O) groups is 1. The van der Waals surface area contributed by atoms with Crippen molar-refractivity contribution < 1.29 is 13.6 Å². The minimum Gasteiger partial charge on any atom is -0.450 e. The van der Waals surface area contributed by atoms with Gasteiger partial charge in [0.2, 0.25) is 5.16 Å². The van der Waals surface area contributed by atoms with Gasteiger partial charge >= 0.3 is 0 Å². The van der Waals surface area contributed by atoms with Crippen LogP contribution < -0.4 is 5.32 Å². The topological polar surface area (TPSA) is 98.2 Å². The number of halogens is 1. The number of amides is 1. The summed E-state index contributed by atoms with van der Waals surface area (Å²) in [5.74, 6) is -0.122. The molecule has 8 nitrogen and oxygen atoms in total. The van der Waals surface area contributed by atoms with E-state index in [9.17, 15) is 9.18 Å². The first kappa shape index (κ1) is 20.2. The van der Waals surface area contributed by atoms with Crippen LogP contribution in [0.2, 0.25) is 0 Å². The molecule has 0 aliphatic carbocycles. The van der Waals surface area contributed by atoms with Crippen LogP contribution in [0.25, 0.3) is 11.8 Å². The number of amidine groups is 1. The van der Waals surface area contributed by atoms with E-state index >= 15 is 0 Å². The molecule has 1 saturated heterocycles. The number of hydrogen-bond donors (Lipinski definition) is 1. The molecule has 158 valence electrons. The van der Waals surface area contributed by atoms with E-state index in [1.165, 1.54) is 47.8 Å². The zero-order chi connectivity index (χ0) is 21.9. The Morgan fingerprint density at radius 3 is 2.72 bits per heavy atom. The fourth-order valence-corrected chi connectivity index (χ4v) is 4.35. The number of nitrogens with one attached hydrogen (secondary N) is 1. The molecule has 1 N–H and O–H groups in total. The monoisotopic (exact) mass is 464 g/mol. The van der Waals surface area contributed by atoms with Crippen molar-refractivity contribution in [2.24, 2.45) is 4.99 Å². The molecule has 3 heterocycles. The van der Waals surface area contributed by atoms with Gasteiger partial charge in [-0.15, -0.1) is 5.10 Å². The summed E-state index contributed by atoms with van der Waals surface area (Å²) in [5.41, 5.74) is 1.38. The van der Waals surface area contributed by atoms with E-state index in [0.29, 0.717) is 31.8 Å². The summed E-state index contributed by atoms with van der Waals surface area (Å²) in [6, 6.07) is 18.8. The highest BCUT2D eigenvalue weighted by molar-refractivity contribution is 8.18. The van der Waals surface area contributed by atoms with Crippen LogP contribution in [0.5, 0.6) is 0 Å². The molecular formula is C21H13FN6O2S2. The molecule has 1 aliphatic heterocycles. The lowest BCUT2D eigenvalue weighted by Gasteiger charge is -2.01. The van der Waals surface area contributed by atoms with Gasteiger partial charge in [0.25, 0.3) is 5.91 Å². The van der Waals surface area contributed by atoms with Gasteiger partial charge in [-0.2, -0.15) is 4.68 Å². The summed E-state index contributed by atoms with van der Waals surface area (Å²) >= 11 is 2.45. The number of furan rings is 1. The number of aliphatic imine (C=N–C) groups is 1. The number of benzene rings is 2. The van der Waals surface area contributed by atoms with Gasteiger partial charge in [-0.25, -0.2) is 9.38 Å². The number of nitrogens with zero attached hydrogens (tertiary/aromatic N) is 5. The molecule has 0 radical (unpaired) electrons. The lowest BCUT2D eigenvalue weighted by Crippen LogP contribution is -2.19. The van der Waals surface area contributed by atoms with E-state index < -0.39 is 0 Å². The van der Waals surface area contributed by atoms with E-state index in [2.05, 4.69) is 25.8 Å². The molecule has 0 spiro atoms. The third kappa shape index (κ3) is 4.48. The summed E-state index contributed by atoms with van der Waals surface area (Å²) in [5, 5.41) is 16.0. The maximum atomic E-state index is 13.0. The molecule has 0 saturated carbocycles. The second kappa shape index (κ2) is 8.81. The maximum Gasteiger partial charge on any atom is 0.264 e. The van der Waals surface area contributed by atoms with Crippen LogP contribution in [0, 0.1) is 5.82 Å². The van der Waals surface area contributed by atoms with Gasteiger partial charge < -0.3 is 9.73 Å². The average molecular weight is 465 g/mol. The normalized spacial score (nSPS) is 16.1. The van der Waals surface area contributed by atoms with Crippen molar-refractivity contribution in [3.05, 3.63) is 83.2 Å². The Kier molecular flexibility index (Phi) is 5.57. The molecule has 1 fully saturated rings. The molecule has 1 aliphatic rings. The number of aromatic nitrogens is 4. The fourth-order valence-electron chi connectivity index (χ4n) is 2.77. The lowest BCUT2D eigenvalue weighted by molar-refractivity contribution is -0.115. The van der Waals surface area contributed by atoms with Crippen LogP contribution in [0.1, 0.15) is 5.76 Å². The van der Waals surface area contributed by atoms with Crippen molar-refractivity contribution in [3.8, 4) is 5.69 Å². The van der Waals surface area contributed by atoms with Crippen LogP contribution in [0.4, 0.5) is 10.1 Å². The molecule has 1 amide bonds. The van der Waals surface area contributed by atoms with E-state index in [1.807, 2.05) is 30.3 Å². The number of rotatable bonds is 5. The van der Waals surface area contributed by atoms with Gasteiger partial charge in [0.15, 0.2) is 10.3 Å². The standard InChI is InChI=1S/C21H13FN6O2S2/c22-13-6-8-14(9-7-13)23-20-24-19(29)17(31-20)12-16-10-11-18(30-16)32-21-25-26-27-28(21)15-4-2-1-3-5-15/h1-12H,(H,23,24,29)/b17-12-. The van der Waals surface area contributed by atoms with E-state index in [4.69, 9.17) is 4.42 Å². The van der Waals surface area contributed by atoms with E-state index in [1.54, 1.807) is 22.9 Å². The zero-order valence-electron chi connectivity index (χ0n) is 16.2. The predicted octanol–water partition coefficient (Wildman–Crippen LogP) is 4.44. The Balaban J connectivity index is 1.31. The summed E-state index contributed by atoms with van der Waals surface area (Å²) in [4.78, 5) is 17.0. The smallest absolute Gasteiger partial charge is 0.264 e. The van der Waals surface area contributed by atoms with Crippen LogP contribution in [0.3, 0.4) is 0 Å². The quantitative estimate of drug-likeness (QED) is 0.436. The van der Waals surface area contributed by atoms with Crippen molar-refractivity contribution in [3.63, 3.8) is 0 Å². The first-order chi connectivity index (χ1) is 15.6. The Hall–Kier alpha value is -3.70. The fraction of sp³-hybridized carbons (Fsp3) is 0. The number of hydrogen-bond acceptors (Lipinski definition) is 8. The number of carbonyl (C=O) groups excluding carboxylic acids is 1. The average Bonchev–Trinajstić information content (AvgIpc) is 3.52. The SMILES string of the molecule is O=C1NC(=Nc2ccc(F)cc2)S/C1=C\c1ccc(Sc2nnnn2-c2ccccc2)o1. The van der Waals surface area contributed by atoms with Gasteiger partial charge in [0, 0.05) is 6.08 Å². The Morgan fingerprint density at radius 1 is 1.09 bits per heavy atom. The van der Waals surface area contributed by atoms with Gasteiger partial charge in [0.05, 0.1) is 16.3 Å². The molecular weight excluding hydrogens is 451 g/mol. The van der Waals surface area contributed by atoms with Crippen molar-refractivity contribution in [1.82, 2.24) is 25.5 Å². The van der Waals surface area contributed by atoms with Gasteiger partial charge in [-0.1, -0.05) is 18.2 Å². The van der Waals surface area contributed by atoms with Crippen LogP contribution in [-0.2, 0) is 4.79 Å². The Morgan fingerprint density at radius 2 is 1.91 bits per heavy atom. The number of tetrazole rings is 1. The Labute approximate surface area is 189 Å². The number of para-hydroxylation sites is 1. The minimum atomic E-state index is -0.345. The molecule has 11 heteroatoms. The van der Waals surface area contributed by atoms with Crippen molar-refractivity contribution in [1.29, 1.82) is 0 Å². The first-order valence-corrected chi connectivity index (χ1v) is 10.9. The summed E-state index contributed by atoms with van der Waals surface area (Å²) < 4.78 is 20.5. The van der Waals surface area contributed by atoms with Gasteiger partial charge in [-0.05, 0) is 82.5 Å². The van der Waals surface area contributed by atoms with Gasteiger partial charge in [-0.3, -0.25) is 4.79 Å². The van der Waals surface area contributed by atoms with Crippen LogP contribution >= 0.6 is 23.5 Å². The van der Waals surface area contributed by atoms with Crippen LogP contribution in [-0.4, -0.2) is 31.3 Å². The second-order valence-electron chi connectivity index (χ2n) is 6.43. The highest BCUT2D eigenvalue weighted by Crippen LogP contribution is 2.32. The molecule has 0 atom stereocenters.